The SMILES string of the molecule is C=CCN1CCC2(CCCN(Cc3nccn3C)C2)C1=O.O=C(O)C(F)(F)F. The van der Waals surface area contributed by atoms with Gasteiger partial charge in [-0.25, -0.2) is 9.78 Å². The molecule has 2 aliphatic rings. The fraction of sp³-hybridized carbons (Fsp3) is 0.611. The lowest BCUT2D eigenvalue weighted by Gasteiger charge is -2.38. The highest BCUT2D eigenvalue weighted by molar-refractivity contribution is 5.85. The number of carboxylic acid groups (broad SMARTS) is 1. The van der Waals surface area contributed by atoms with Crippen molar-refractivity contribution in [2.24, 2.45) is 12.5 Å². The molecule has 1 atom stereocenters. The summed E-state index contributed by atoms with van der Waals surface area (Å²) >= 11 is 0. The zero-order chi connectivity index (χ0) is 20.9. The highest BCUT2D eigenvalue weighted by Crippen LogP contribution is 2.40. The van der Waals surface area contributed by atoms with Gasteiger partial charge in [0, 0.05) is 39.1 Å². The van der Waals surface area contributed by atoms with Crippen LogP contribution in [0.4, 0.5) is 13.2 Å². The van der Waals surface area contributed by atoms with Crippen LogP contribution in [0.25, 0.3) is 0 Å². The Morgan fingerprint density at radius 2 is 2.07 bits per heavy atom. The van der Waals surface area contributed by atoms with Crippen LogP contribution < -0.4 is 0 Å². The zero-order valence-electron chi connectivity index (χ0n) is 15.8. The zero-order valence-corrected chi connectivity index (χ0v) is 15.8. The minimum atomic E-state index is -5.08. The molecule has 1 aromatic rings. The summed E-state index contributed by atoms with van der Waals surface area (Å²) in [7, 11) is 2.02. The maximum Gasteiger partial charge on any atom is 0.490 e. The summed E-state index contributed by atoms with van der Waals surface area (Å²) in [6, 6.07) is 0. The molecule has 3 heterocycles. The molecule has 1 spiro atoms. The molecule has 156 valence electrons. The minimum absolute atomic E-state index is 0.160. The van der Waals surface area contributed by atoms with E-state index in [1.54, 1.807) is 0 Å². The first-order chi connectivity index (χ1) is 13.1. The van der Waals surface area contributed by atoms with Gasteiger partial charge in [-0.3, -0.25) is 9.69 Å². The molecule has 1 amide bonds. The van der Waals surface area contributed by atoms with Crippen LogP contribution in [0.5, 0.6) is 0 Å². The molecule has 2 saturated heterocycles. The van der Waals surface area contributed by atoms with E-state index in [9.17, 15) is 18.0 Å². The number of imidazole rings is 1. The first-order valence-corrected chi connectivity index (χ1v) is 8.98. The summed E-state index contributed by atoms with van der Waals surface area (Å²) in [4.78, 5) is 30.4. The lowest BCUT2D eigenvalue weighted by atomic mass is 9.78. The Bertz CT molecular complexity index is 719. The molecule has 7 nitrogen and oxygen atoms in total. The van der Waals surface area contributed by atoms with Gasteiger partial charge < -0.3 is 14.6 Å². The standard InChI is InChI=1S/C16H24N4O.C2HF3O2/c1-3-8-20-10-6-16(15(20)21)5-4-9-19(13-16)12-14-17-7-11-18(14)2;3-2(4,5)1(6)7/h3,7,11H,1,4-6,8-10,12-13H2,2H3;(H,6,7). The summed E-state index contributed by atoms with van der Waals surface area (Å²) in [5.74, 6) is -1.36. The van der Waals surface area contributed by atoms with Gasteiger partial charge in [-0.2, -0.15) is 13.2 Å². The average molecular weight is 402 g/mol. The molecule has 0 bridgehead atoms. The van der Waals surface area contributed by atoms with E-state index in [2.05, 4.69) is 21.0 Å². The molecule has 1 N–H and O–H groups in total. The number of hydrogen-bond acceptors (Lipinski definition) is 4. The Labute approximate surface area is 161 Å². The monoisotopic (exact) mass is 402 g/mol. The molecular weight excluding hydrogens is 377 g/mol. The van der Waals surface area contributed by atoms with E-state index in [1.807, 2.05) is 30.4 Å². The maximum absolute atomic E-state index is 12.7. The predicted molar refractivity (Wildman–Crippen MR) is 95.2 cm³/mol. The molecule has 1 aromatic heterocycles. The van der Waals surface area contributed by atoms with Crippen LogP contribution in [0.1, 0.15) is 25.1 Å². The van der Waals surface area contributed by atoms with Gasteiger partial charge >= 0.3 is 12.1 Å². The van der Waals surface area contributed by atoms with E-state index in [0.717, 1.165) is 51.3 Å². The smallest absolute Gasteiger partial charge is 0.475 e. The van der Waals surface area contributed by atoms with Gasteiger partial charge in [0.05, 0.1) is 12.0 Å². The topological polar surface area (TPSA) is 78.7 Å². The molecule has 0 aliphatic carbocycles. The number of carbonyl (C=O) groups excluding carboxylic acids is 1. The number of likely N-dealkylation sites (tertiary alicyclic amines) is 2. The number of aromatic nitrogens is 2. The molecule has 2 fully saturated rings. The van der Waals surface area contributed by atoms with Crippen molar-refractivity contribution in [2.75, 3.05) is 26.2 Å². The van der Waals surface area contributed by atoms with E-state index in [-0.39, 0.29) is 5.41 Å². The van der Waals surface area contributed by atoms with E-state index in [4.69, 9.17) is 9.90 Å². The number of alkyl halides is 3. The summed E-state index contributed by atoms with van der Waals surface area (Å²) in [6.45, 7) is 8.07. The van der Waals surface area contributed by atoms with Gasteiger partial charge in [0.25, 0.3) is 0 Å². The van der Waals surface area contributed by atoms with Crippen molar-refractivity contribution < 1.29 is 27.9 Å². The Morgan fingerprint density at radius 1 is 1.39 bits per heavy atom. The second-order valence-electron chi connectivity index (χ2n) is 7.14. The van der Waals surface area contributed by atoms with Crippen LogP contribution in [-0.2, 0) is 23.2 Å². The summed E-state index contributed by atoms with van der Waals surface area (Å²) in [5, 5.41) is 7.12. The van der Waals surface area contributed by atoms with Crippen molar-refractivity contribution >= 4 is 11.9 Å². The van der Waals surface area contributed by atoms with Crippen molar-refractivity contribution in [3.63, 3.8) is 0 Å². The molecular formula is C18H25F3N4O3. The van der Waals surface area contributed by atoms with Crippen LogP contribution in [0, 0.1) is 5.41 Å². The van der Waals surface area contributed by atoms with E-state index in [1.165, 1.54) is 0 Å². The van der Waals surface area contributed by atoms with Gasteiger partial charge in [-0.05, 0) is 25.8 Å². The fourth-order valence-electron chi connectivity index (χ4n) is 3.71. The number of nitrogens with zero attached hydrogens (tertiary/aromatic N) is 4. The number of hydrogen-bond donors (Lipinski definition) is 1. The second kappa shape index (κ2) is 8.76. The first kappa shape index (κ1) is 21.9. The number of halogens is 3. The Balaban J connectivity index is 0.000000345. The lowest BCUT2D eigenvalue weighted by molar-refractivity contribution is -0.192. The molecule has 28 heavy (non-hydrogen) atoms. The van der Waals surface area contributed by atoms with Crippen LogP contribution >= 0.6 is 0 Å². The summed E-state index contributed by atoms with van der Waals surface area (Å²) in [5.41, 5.74) is -0.160. The predicted octanol–water partition coefficient (Wildman–Crippen LogP) is 2.05. The minimum Gasteiger partial charge on any atom is -0.475 e. The van der Waals surface area contributed by atoms with Gasteiger partial charge in [-0.1, -0.05) is 6.08 Å². The maximum atomic E-state index is 12.7. The second-order valence-corrected chi connectivity index (χ2v) is 7.14. The summed E-state index contributed by atoms with van der Waals surface area (Å²) in [6.07, 6.45) is 3.65. The largest absolute Gasteiger partial charge is 0.490 e. The van der Waals surface area contributed by atoms with Crippen LogP contribution in [0.2, 0.25) is 0 Å². The molecule has 0 saturated carbocycles. The van der Waals surface area contributed by atoms with Crippen molar-refractivity contribution in [1.29, 1.82) is 0 Å². The van der Waals surface area contributed by atoms with Gasteiger partial charge in [0.2, 0.25) is 5.91 Å². The van der Waals surface area contributed by atoms with Crippen molar-refractivity contribution in [1.82, 2.24) is 19.4 Å². The highest BCUT2D eigenvalue weighted by atomic mass is 19.4. The third-order valence-electron chi connectivity index (χ3n) is 5.14. The number of aryl methyl sites for hydroxylation is 1. The Morgan fingerprint density at radius 3 is 2.61 bits per heavy atom. The quantitative estimate of drug-likeness (QED) is 0.780. The number of amides is 1. The van der Waals surface area contributed by atoms with Crippen molar-refractivity contribution in [3.8, 4) is 0 Å². The first-order valence-electron chi connectivity index (χ1n) is 8.98. The van der Waals surface area contributed by atoms with E-state index in [0.29, 0.717) is 12.5 Å². The van der Waals surface area contributed by atoms with E-state index < -0.39 is 12.1 Å². The van der Waals surface area contributed by atoms with Gasteiger partial charge in [-0.15, -0.1) is 6.58 Å². The van der Waals surface area contributed by atoms with Crippen LogP contribution in [0.3, 0.4) is 0 Å². The fourth-order valence-corrected chi connectivity index (χ4v) is 3.71. The van der Waals surface area contributed by atoms with Crippen LogP contribution in [0.15, 0.2) is 25.0 Å². The average Bonchev–Trinajstić information content (AvgIpc) is 3.14. The third-order valence-corrected chi connectivity index (χ3v) is 5.14. The lowest BCUT2D eigenvalue weighted by Crippen LogP contribution is -2.47. The molecule has 1 unspecified atom stereocenters. The number of aliphatic carboxylic acids is 1. The molecule has 0 aromatic carbocycles. The third kappa shape index (κ3) is 5.12. The number of piperidine rings is 1. The van der Waals surface area contributed by atoms with Crippen molar-refractivity contribution in [3.05, 3.63) is 30.9 Å². The van der Waals surface area contributed by atoms with Gasteiger partial charge in [0.15, 0.2) is 0 Å². The Hall–Kier alpha value is -2.36. The van der Waals surface area contributed by atoms with Crippen LogP contribution in [-0.4, -0.2) is 68.7 Å². The number of rotatable bonds is 4. The normalized spacial score (nSPS) is 22.9. The number of carboxylic acids is 1. The molecule has 10 heteroatoms. The molecule has 3 rings (SSSR count). The molecule has 0 radical (unpaired) electrons. The van der Waals surface area contributed by atoms with Gasteiger partial charge in [0.1, 0.15) is 5.82 Å². The molecule has 2 aliphatic heterocycles. The van der Waals surface area contributed by atoms with Crippen molar-refractivity contribution in [2.45, 2.75) is 32.0 Å². The Kier molecular flexibility index (Phi) is 6.87. The highest BCUT2D eigenvalue weighted by Gasteiger charge is 2.48. The van der Waals surface area contributed by atoms with E-state index >= 15 is 0 Å². The number of carbonyl (C=O) groups is 2. The summed E-state index contributed by atoms with van der Waals surface area (Å²) < 4.78 is 33.8.